The fraction of sp³-hybridized carbons (Fsp3) is 0.889. The lowest BCUT2D eigenvalue weighted by Crippen LogP contribution is -2.43. The van der Waals surface area contributed by atoms with Crippen molar-refractivity contribution in [3.63, 3.8) is 0 Å². The first-order valence-electron chi connectivity index (χ1n) is 4.64. The number of carbonyl (C=O) groups is 1. The zero-order valence-electron chi connectivity index (χ0n) is 7.80. The fourth-order valence-corrected chi connectivity index (χ4v) is 1.78. The van der Waals surface area contributed by atoms with E-state index in [1.165, 1.54) is 0 Å². The maximum atomic E-state index is 12.3. The van der Waals surface area contributed by atoms with E-state index < -0.39 is 5.38 Å². The first-order chi connectivity index (χ1) is 6.15. The van der Waals surface area contributed by atoms with Crippen molar-refractivity contribution < 1.29 is 9.18 Å². The Morgan fingerprint density at radius 1 is 1.77 bits per heavy atom. The summed E-state index contributed by atoms with van der Waals surface area (Å²) in [6.45, 7) is 2.59. The van der Waals surface area contributed by atoms with Gasteiger partial charge in [-0.05, 0) is 19.8 Å². The van der Waals surface area contributed by atoms with Crippen molar-refractivity contribution in [2.45, 2.75) is 25.1 Å². The van der Waals surface area contributed by atoms with Crippen LogP contribution < -0.4 is 0 Å². The molecule has 2 nitrogen and oxygen atoms in total. The summed E-state index contributed by atoms with van der Waals surface area (Å²) >= 11 is 5.67. The molecule has 4 heteroatoms. The first kappa shape index (κ1) is 10.8. The van der Waals surface area contributed by atoms with Crippen LogP contribution in [0.2, 0.25) is 0 Å². The standard InChI is InChI=1S/C9H15ClFNO/c1-7(10)9(13)12-4-2-3-8(5-11)6-12/h7-8H,2-6H2,1H3/t7-,8+/m0/s1. The number of hydrogen-bond donors (Lipinski definition) is 0. The van der Waals surface area contributed by atoms with Crippen LogP contribution in [0, 0.1) is 5.92 Å². The highest BCUT2D eigenvalue weighted by atomic mass is 35.5. The Balaban J connectivity index is 2.46. The van der Waals surface area contributed by atoms with Gasteiger partial charge in [0.25, 0.3) is 0 Å². The van der Waals surface area contributed by atoms with Crippen LogP contribution in [0.25, 0.3) is 0 Å². The van der Waals surface area contributed by atoms with Gasteiger partial charge in [-0.3, -0.25) is 9.18 Å². The van der Waals surface area contributed by atoms with Crippen LogP contribution in [0.4, 0.5) is 4.39 Å². The summed E-state index contributed by atoms with van der Waals surface area (Å²) in [5, 5.41) is -0.488. The number of nitrogens with zero attached hydrogens (tertiary/aromatic N) is 1. The van der Waals surface area contributed by atoms with E-state index in [0.717, 1.165) is 19.4 Å². The van der Waals surface area contributed by atoms with Gasteiger partial charge in [0.2, 0.25) is 5.91 Å². The van der Waals surface area contributed by atoms with Crippen molar-refractivity contribution in [1.82, 2.24) is 4.90 Å². The average molecular weight is 208 g/mol. The second kappa shape index (κ2) is 4.80. The average Bonchev–Trinajstić information content (AvgIpc) is 2.16. The molecule has 1 heterocycles. The van der Waals surface area contributed by atoms with Crippen molar-refractivity contribution >= 4 is 17.5 Å². The second-order valence-electron chi connectivity index (χ2n) is 3.56. The highest BCUT2D eigenvalue weighted by molar-refractivity contribution is 6.30. The number of hydrogen-bond acceptors (Lipinski definition) is 1. The lowest BCUT2D eigenvalue weighted by Gasteiger charge is -2.32. The van der Waals surface area contributed by atoms with E-state index in [-0.39, 0.29) is 18.5 Å². The molecule has 1 aliphatic rings. The maximum absolute atomic E-state index is 12.3. The Morgan fingerprint density at radius 2 is 2.46 bits per heavy atom. The minimum Gasteiger partial charge on any atom is -0.341 e. The molecular formula is C9H15ClFNO. The monoisotopic (exact) mass is 207 g/mol. The van der Waals surface area contributed by atoms with Crippen molar-refractivity contribution in [1.29, 1.82) is 0 Å². The van der Waals surface area contributed by atoms with Gasteiger partial charge in [0, 0.05) is 19.0 Å². The Labute approximate surface area is 83.0 Å². The molecule has 1 rings (SSSR count). The SMILES string of the molecule is C[C@H](Cl)C(=O)N1CCC[C@H](CF)C1. The van der Waals surface area contributed by atoms with Crippen molar-refractivity contribution in [3.8, 4) is 0 Å². The molecule has 0 N–H and O–H groups in total. The second-order valence-corrected chi connectivity index (χ2v) is 4.22. The molecule has 1 saturated heterocycles. The fourth-order valence-electron chi connectivity index (χ4n) is 1.64. The van der Waals surface area contributed by atoms with E-state index in [2.05, 4.69) is 0 Å². The molecule has 13 heavy (non-hydrogen) atoms. The van der Waals surface area contributed by atoms with E-state index in [9.17, 15) is 9.18 Å². The predicted octanol–water partition coefficient (Wildman–Crippen LogP) is 1.82. The van der Waals surface area contributed by atoms with Gasteiger partial charge in [-0.2, -0.15) is 0 Å². The summed E-state index contributed by atoms with van der Waals surface area (Å²) in [6, 6.07) is 0. The Morgan fingerprint density at radius 3 is 3.00 bits per heavy atom. The number of piperidine rings is 1. The Kier molecular flexibility index (Phi) is 3.97. The van der Waals surface area contributed by atoms with E-state index in [4.69, 9.17) is 11.6 Å². The minimum atomic E-state index is -0.488. The van der Waals surface area contributed by atoms with Crippen LogP contribution in [0.15, 0.2) is 0 Å². The smallest absolute Gasteiger partial charge is 0.240 e. The summed E-state index contributed by atoms with van der Waals surface area (Å²) in [5.74, 6) is -0.0482. The van der Waals surface area contributed by atoms with E-state index in [1.807, 2.05) is 0 Å². The summed E-state index contributed by atoms with van der Waals surface area (Å²) < 4.78 is 12.3. The van der Waals surface area contributed by atoms with Gasteiger partial charge in [0.05, 0.1) is 6.67 Å². The highest BCUT2D eigenvalue weighted by Gasteiger charge is 2.25. The lowest BCUT2D eigenvalue weighted by molar-refractivity contribution is -0.132. The van der Waals surface area contributed by atoms with Gasteiger partial charge in [-0.25, -0.2) is 0 Å². The van der Waals surface area contributed by atoms with Crippen molar-refractivity contribution in [3.05, 3.63) is 0 Å². The molecule has 0 spiro atoms. The molecule has 0 aliphatic carbocycles. The molecule has 1 fully saturated rings. The first-order valence-corrected chi connectivity index (χ1v) is 5.07. The van der Waals surface area contributed by atoms with Crippen LogP contribution >= 0.6 is 11.6 Å². The number of amides is 1. The normalized spacial score (nSPS) is 25.8. The van der Waals surface area contributed by atoms with Crippen LogP contribution in [-0.4, -0.2) is 35.9 Å². The predicted molar refractivity (Wildman–Crippen MR) is 50.6 cm³/mol. The summed E-state index contributed by atoms with van der Waals surface area (Å²) in [6.07, 6.45) is 1.78. The van der Waals surface area contributed by atoms with Gasteiger partial charge < -0.3 is 4.90 Å². The zero-order valence-corrected chi connectivity index (χ0v) is 8.56. The summed E-state index contributed by atoms with van der Waals surface area (Å²) in [4.78, 5) is 13.1. The molecule has 1 aliphatic heterocycles. The molecule has 0 aromatic heterocycles. The topological polar surface area (TPSA) is 20.3 Å². The third kappa shape index (κ3) is 2.83. The Hall–Kier alpha value is -0.310. The molecular weight excluding hydrogens is 193 g/mol. The molecule has 0 unspecified atom stereocenters. The zero-order chi connectivity index (χ0) is 9.84. The molecule has 0 aromatic rings. The largest absolute Gasteiger partial charge is 0.341 e. The molecule has 0 aromatic carbocycles. The van der Waals surface area contributed by atoms with Gasteiger partial charge in [0.15, 0.2) is 0 Å². The highest BCUT2D eigenvalue weighted by Crippen LogP contribution is 2.18. The van der Waals surface area contributed by atoms with E-state index in [0.29, 0.717) is 6.54 Å². The minimum absolute atomic E-state index is 0.0214. The molecule has 0 radical (unpaired) electrons. The number of carbonyl (C=O) groups excluding carboxylic acids is 1. The van der Waals surface area contributed by atoms with Crippen LogP contribution in [0.3, 0.4) is 0 Å². The molecule has 1 amide bonds. The van der Waals surface area contributed by atoms with Crippen LogP contribution in [0.1, 0.15) is 19.8 Å². The summed E-state index contributed by atoms with van der Waals surface area (Å²) in [5.41, 5.74) is 0. The van der Waals surface area contributed by atoms with E-state index in [1.54, 1.807) is 11.8 Å². The summed E-state index contributed by atoms with van der Waals surface area (Å²) in [7, 11) is 0. The number of likely N-dealkylation sites (tertiary alicyclic amines) is 1. The third-order valence-corrected chi connectivity index (χ3v) is 2.58. The number of rotatable bonds is 2. The number of halogens is 2. The quantitative estimate of drug-likeness (QED) is 0.633. The molecule has 0 bridgehead atoms. The van der Waals surface area contributed by atoms with Gasteiger partial charge in [-0.15, -0.1) is 11.6 Å². The van der Waals surface area contributed by atoms with Crippen LogP contribution in [-0.2, 0) is 4.79 Å². The van der Waals surface area contributed by atoms with Gasteiger partial charge in [0.1, 0.15) is 5.38 Å². The lowest BCUT2D eigenvalue weighted by atomic mass is 9.99. The molecule has 0 saturated carbocycles. The number of alkyl halides is 2. The van der Waals surface area contributed by atoms with Crippen molar-refractivity contribution in [2.75, 3.05) is 19.8 Å². The Bertz CT molecular complexity index is 186. The maximum Gasteiger partial charge on any atom is 0.240 e. The van der Waals surface area contributed by atoms with Gasteiger partial charge in [-0.1, -0.05) is 0 Å². The molecule has 76 valence electrons. The molecule has 2 atom stereocenters. The third-order valence-electron chi connectivity index (χ3n) is 2.39. The van der Waals surface area contributed by atoms with Crippen LogP contribution in [0.5, 0.6) is 0 Å². The van der Waals surface area contributed by atoms with E-state index >= 15 is 0 Å². The van der Waals surface area contributed by atoms with Gasteiger partial charge >= 0.3 is 0 Å². The van der Waals surface area contributed by atoms with Crippen molar-refractivity contribution in [2.24, 2.45) is 5.92 Å².